The normalized spacial score (nSPS) is 18.0. The molecule has 144 valence electrons. The summed E-state index contributed by atoms with van der Waals surface area (Å²) in [4.78, 5) is 21.9. The Morgan fingerprint density at radius 2 is 2.03 bits per heavy atom. The van der Waals surface area contributed by atoms with Gasteiger partial charge in [0.2, 0.25) is 0 Å². The predicted molar refractivity (Wildman–Crippen MR) is 114 cm³/mol. The number of aliphatic hydroxyl groups excluding tert-OH is 1. The van der Waals surface area contributed by atoms with E-state index in [0.29, 0.717) is 12.0 Å². The van der Waals surface area contributed by atoms with Crippen LogP contribution in [0.1, 0.15) is 33.2 Å². The second-order valence-corrected chi connectivity index (χ2v) is 8.34. The number of carbonyl (C=O) groups excluding carboxylic acids is 1. The Morgan fingerprint density at radius 3 is 2.86 bits per heavy atom. The zero-order valence-corrected chi connectivity index (χ0v) is 16.6. The van der Waals surface area contributed by atoms with Crippen molar-refractivity contribution >= 4 is 27.5 Å². The number of amides is 1. The molecule has 2 heterocycles. The lowest BCUT2D eigenvalue weighted by Gasteiger charge is -2.18. The average Bonchev–Trinajstić information content (AvgIpc) is 3.29. The van der Waals surface area contributed by atoms with E-state index in [0.717, 1.165) is 37.6 Å². The van der Waals surface area contributed by atoms with Crippen molar-refractivity contribution in [1.29, 1.82) is 0 Å². The molecule has 2 atom stereocenters. The summed E-state index contributed by atoms with van der Waals surface area (Å²) in [7, 11) is 0. The van der Waals surface area contributed by atoms with Crippen molar-refractivity contribution in [3.05, 3.63) is 83.2 Å². The number of pyridine rings is 1. The first kappa shape index (κ1) is 18.0. The number of aromatic nitrogens is 2. The number of thiazole rings is 1. The smallest absolute Gasteiger partial charge is 0.251 e. The minimum absolute atomic E-state index is 0.195. The Labute approximate surface area is 172 Å². The third kappa shape index (κ3) is 3.30. The van der Waals surface area contributed by atoms with Gasteiger partial charge in [-0.15, -0.1) is 11.3 Å². The molecule has 2 N–H and O–H groups in total. The molecule has 5 nitrogen and oxygen atoms in total. The molecule has 0 radical (unpaired) electrons. The number of hydrogen-bond donors (Lipinski definition) is 2. The van der Waals surface area contributed by atoms with E-state index in [1.807, 2.05) is 61.7 Å². The lowest BCUT2D eigenvalue weighted by Crippen LogP contribution is -2.33. The molecule has 6 heteroatoms. The van der Waals surface area contributed by atoms with Crippen LogP contribution in [0.5, 0.6) is 0 Å². The van der Waals surface area contributed by atoms with Gasteiger partial charge in [0.05, 0.1) is 22.4 Å². The fourth-order valence-electron chi connectivity index (χ4n) is 3.76. The molecule has 4 aromatic rings. The van der Waals surface area contributed by atoms with Crippen molar-refractivity contribution < 1.29 is 9.90 Å². The van der Waals surface area contributed by atoms with Crippen LogP contribution < -0.4 is 5.32 Å². The summed E-state index contributed by atoms with van der Waals surface area (Å²) < 4.78 is 0.945. The van der Waals surface area contributed by atoms with Crippen LogP contribution >= 0.6 is 11.3 Å². The van der Waals surface area contributed by atoms with Gasteiger partial charge in [0.25, 0.3) is 5.91 Å². The highest BCUT2D eigenvalue weighted by molar-refractivity contribution is 7.21. The molecule has 2 aromatic carbocycles. The van der Waals surface area contributed by atoms with Crippen LogP contribution in [0.3, 0.4) is 0 Å². The van der Waals surface area contributed by atoms with E-state index in [4.69, 9.17) is 0 Å². The van der Waals surface area contributed by atoms with Crippen LogP contribution in [-0.2, 0) is 6.42 Å². The molecule has 1 amide bonds. The molecule has 0 spiro atoms. The Hall–Kier alpha value is -3.09. The van der Waals surface area contributed by atoms with Crippen molar-refractivity contribution in [2.24, 2.45) is 0 Å². The van der Waals surface area contributed by atoms with Gasteiger partial charge in [0.15, 0.2) is 0 Å². The number of nitrogens with one attached hydrogen (secondary N) is 1. The highest BCUT2D eigenvalue weighted by atomic mass is 32.1. The zero-order valence-electron chi connectivity index (χ0n) is 15.8. The van der Waals surface area contributed by atoms with Gasteiger partial charge in [-0.1, -0.05) is 24.3 Å². The highest BCUT2D eigenvalue weighted by Crippen LogP contribution is 2.33. The van der Waals surface area contributed by atoms with Gasteiger partial charge in [-0.3, -0.25) is 9.78 Å². The summed E-state index contributed by atoms with van der Waals surface area (Å²) >= 11 is 1.54. The van der Waals surface area contributed by atoms with Crippen LogP contribution in [-0.4, -0.2) is 27.1 Å². The van der Waals surface area contributed by atoms with E-state index in [1.54, 1.807) is 6.07 Å². The van der Waals surface area contributed by atoms with Gasteiger partial charge < -0.3 is 10.4 Å². The SMILES string of the molecule is Cc1ccc(-c2nc3ccc(C(=O)N[C@@H]4c5ccccc5C[C@H]4O)cc3s2)cn1. The molecule has 0 saturated carbocycles. The minimum Gasteiger partial charge on any atom is -0.390 e. The lowest BCUT2D eigenvalue weighted by atomic mass is 10.1. The molecular weight excluding hydrogens is 382 g/mol. The molecule has 5 rings (SSSR count). The topological polar surface area (TPSA) is 75.1 Å². The minimum atomic E-state index is -0.607. The molecular formula is C23H19N3O2S. The van der Waals surface area contributed by atoms with Crippen LogP contribution in [0.4, 0.5) is 0 Å². The Morgan fingerprint density at radius 1 is 1.17 bits per heavy atom. The zero-order chi connectivity index (χ0) is 20.0. The van der Waals surface area contributed by atoms with Crippen LogP contribution in [0.25, 0.3) is 20.8 Å². The summed E-state index contributed by atoms with van der Waals surface area (Å²) in [5.74, 6) is -0.195. The Balaban J connectivity index is 1.42. The monoisotopic (exact) mass is 401 g/mol. The first-order chi connectivity index (χ1) is 14.1. The molecule has 0 fully saturated rings. The van der Waals surface area contributed by atoms with E-state index in [2.05, 4.69) is 15.3 Å². The van der Waals surface area contributed by atoms with Gasteiger partial charge in [0.1, 0.15) is 5.01 Å². The second-order valence-electron chi connectivity index (χ2n) is 7.31. The summed E-state index contributed by atoms with van der Waals surface area (Å²) in [6.45, 7) is 1.95. The number of aliphatic hydroxyl groups is 1. The van der Waals surface area contributed by atoms with Crippen LogP contribution in [0.2, 0.25) is 0 Å². The Bertz CT molecular complexity index is 1220. The standard InChI is InChI=1S/C23H19N3O2S/c1-13-6-7-16(12-24-13)23-25-18-9-8-15(11-20(18)29-23)22(28)26-21-17-5-3-2-4-14(17)10-19(21)27/h2-9,11-12,19,21,27H,10H2,1H3,(H,26,28)/t19-,21-/m1/s1. The maximum atomic E-state index is 12.9. The predicted octanol–water partition coefficient (Wildman–Crippen LogP) is 4.05. The second kappa shape index (κ2) is 7.06. The fourth-order valence-corrected chi connectivity index (χ4v) is 4.75. The molecule has 29 heavy (non-hydrogen) atoms. The number of aryl methyl sites for hydroxylation is 1. The first-order valence-electron chi connectivity index (χ1n) is 9.49. The molecule has 2 aromatic heterocycles. The molecule has 1 aliphatic carbocycles. The van der Waals surface area contributed by atoms with Crippen molar-refractivity contribution in [3.63, 3.8) is 0 Å². The van der Waals surface area contributed by atoms with Gasteiger partial charge >= 0.3 is 0 Å². The molecule has 0 saturated heterocycles. The fraction of sp³-hybridized carbons (Fsp3) is 0.174. The van der Waals surface area contributed by atoms with E-state index >= 15 is 0 Å². The van der Waals surface area contributed by atoms with E-state index in [9.17, 15) is 9.90 Å². The maximum Gasteiger partial charge on any atom is 0.251 e. The van der Waals surface area contributed by atoms with Gasteiger partial charge in [0, 0.05) is 29.4 Å². The average molecular weight is 401 g/mol. The summed E-state index contributed by atoms with van der Waals surface area (Å²) in [6, 6.07) is 16.9. The van der Waals surface area contributed by atoms with E-state index < -0.39 is 6.10 Å². The number of fused-ring (bicyclic) bond motifs is 2. The van der Waals surface area contributed by atoms with Crippen molar-refractivity contribution in [2.75, 3.05) is 0 Å². The molecule has 0 aliphatic heterocycles. The number of benzene rings is 2. The van der Waals surface area contributed by atoms with Crippen molar-refractivity contribution in [3.8, 4) is 10.6 Å². The van der Waals surface area contributed by atoms with Gasteiger partial charge in [-0.2, -0.15) is 0 Å². The quantitative estimate of drug-likeness (QED) is 0.543. The largest absolute Gasteiger partial charge is 0.390 e. The van der Waals surface area contributed by atoms with Crippen LogP contribution in [0, 0.1) is 6.92 Å². The van der Waals surface area contributed by atoms with Gasteiger partial charge in [-0.05, 0) is 48.4 Å². The summed E-state index contributed by atoms with van der Waals surface area (Å²) in [5.41, 5.74) is 5.42. The number of hydrogen-bond acceptors (Lipinski definition) is 5. The maximum absolute atomic E-state index is 12.9. The molecule has 0 bridgehead atoms. The van der Waals surface area contributed by atoms with E-state index in [1.165, 1.54) is 11.3 Å². The van der Waals surface area contributed by atoms with E-state index in [-0.39, 0.29) is 11.9 Å². The number of carbonyl (C=O) groups is 1. The number of rotatable bonds is 3. The summed E-state index contributed by atoms with van der Waals surface area (Å²) in [6.07, 6.45) is 1.77. The third-order valence-corrected chi connectivity index (χ3v) is 6.37. The molecule has 0 unspecified atom stereocenters. The van der Waals surface area contributed by atoms with Crippen LogP contribution in [0.15, 0.2) is 60.8 Å². The number of nitrogens with zero attached hydrogens (tertiary/aromatic N) is 2. The highest BCUT2D eigenvalue weighted by Gasteiger charge is 2.32. The third-order valence-electron chi connectivity index (χ3n) is 5.30. The lowest BCUT2D eigenvalue weighted by molar-refractivity contribution is 0.0858. The van der Waals surface area contributed by atoms with Crippen molar-refractivity contribution in [1.82, 2.24) is 15.3 Å². The Kier molecular flexibility index (Phi) is 4.38. The molecule has 1 aliphatic rings. The van der Waals surface area contributed by atoms with Crippen molar-refractivity contribution in [2.45, 2.75) is 25.5 Å². The first-order valence-corrected chi connectivity index (χ1v) is 10.3. The summed E-state index contributed by atoms with van der Waals surface area (Å²) in [5, 5.41) is 14.3. The van der Waals surface area contributed by atoms with Gasteiger partial charge in [-0.25, -0.2) is 4.98 Å².